The van der Waals surface area contributed by atoms with Crippen LogP contribution < -0.4 is 5.32 Å². The van der Waals surface area contributed by atoms with E-state index in [1.165, 1.54) is 0 Å². The molecule has 1 fully saturated rings. The van der Waals surface area contributed by atoms with Gasteiger partial charge in [-0.2, -0.15) is 0 Å². The number of carbonyl (C=O) groups is 1. The first-order chi connectivity index (χ1) is 8.58. The Balaban J connectivity index is 1.97. The van der Waals surface area contributed by atoms with Gasteiger partial charge in [0.1, 0.15) is 11.6 Å². The lowest BCUT2D eigenvalue weighted by Gasteiger charge is -2.15. The molecule has 5 heteroatoms. The number of aromatic hydroxyl groups is 1. The molecule has 1 aliphatic carbocycles. The summed E-state index contributed by atoms with van der Waals surface area (Å²) in [6.45, 7) is 0.343. The van der Waals surface area contributed by atoms with Crippen LogP contribution in [0.2, 0.25) is 0 Å². The van der Waals surface area contributed by atoms with E-state index in [2.05, 4.69) is 5.32 Å². The van der Waals surface area contributed by atoms with E-state index in [1.54, 1.807) is 0 Å². The van der Waals surface area contributed by atoms with E-state index in [9.17, 15) is 19.4 Å². The Bertz CT molecular complexity index is 450. The second kappa shape index (κ2) is 5.35. The molecular formula is C13H16FNO3. The van der Waals surface area contributed by atoms with Crippen LogP contribution in [0, 0.1) is 11.7 Å². The zero-order valence-electron chi connectivity index (χ0n) is 9.90. The summed E-state index contributed by atoms with van der Waals surface area (Å²) in [4.78, 5) is 11.8. The zero-order valence-corrected chi connectivity index (χ0v) is 9.90. The van der Waals surface area contributed by atoms with Crippen LogP contribution in [0.4, 0.5) is 4.39 Å². The highest BCUT2D eigenvalue weighted by molar-refractivity contribution is 5.96. The highest BCUT2D eigenvalue weighted by atomic mass is 19.1. The number of phenolic OH excluding ortho intramolecular Hbond substituents is 1. The summed E-state index contributed by atoms with van der Waals surface area (Å²) in [5, 5.41) is 21.7. The van der Waals surface area contributed by atoms with Crippen molar-refractivity contribution < 1.29 is 19.4 Å². The molecule has 1 aliphatic rings. The summed E-state index contributed by atoms with van der Waals surface area (Å²) in [5.74, 6) is -1.30. The van der Waals surface area contributed by atoms with Crippen LogP contribution in [-0.2, 0) is 0 Å². The number of nitrogens with one attached hydrogen (secondary N) is 1. The monoisotopic (exact) mass is 253 g/mol. The topological polar surface area (TPSA) is 69.6 Å². The van der Waals surface area contributed by atoms with Gasteiger partial charge in [-0.05, 0) is 31.0 Å². The quantitative estimate of drug-likeness (QED) is 0.763. The number of benzene rings is 1. The van der Waals surface area contributed by atoms with Crippen molar-refractivity contribution in [1.82, 2.24) is 5.32 Å². The Hall–Kier alpha value is -1.62. The molecule has 1 amide bonds. The smallest absolute Gasteiger partial charge is 0.255 e. The minimum Gasteiger partial charge on any atom is -0.507 e. The average Bonchev–Trinajstić information content (AvgIpc) is 2.75. The van der Waals surface area contributed by atoms with E-state index in [0.29, 0.717) is 6.54 Å². The summed E-state index contributed by atoms with van der Waals surface area (Å²) in [6, 6.07) is 3.23. The lowest BCUT2D eigenvalue weighted by molar-refractivity contribution is 0.0914. The summed E-state index contributed by atoms with van der Waals surface area (Å²) in [7, 11) is 0. The van der Waals surface area contributed by atoms with E-state index >= 15 is 0 Å². The minimum atomic E-state index is -0.571. The molecule has 2 rings (SSSR count). The normalized spacial score (nSPS) is 23.0. The van der Waals surface area contributed by atoms with Gasteiger partial charge in [-0.3, -0.25) is 4.79 Å². The highest BCUT2D eigenvalue weighted by Gasteiger charge is 2.25. The van der Waals surface area contributed by atoms with E-state index in [0.717, 1.165) is 37.5 Å². The van der Waals surface area contributed by atoms with Crippen LogP contribution in [0.3, 0.4) is 0 Å². The SMILES string of the molecule is O=C(NCC1CCCC1O)c1cc(F)ccc1O. The standard InChI is InChI=1S/C13H16FNO3/c14-9-4-5-12(17)10(6-9)13(18)15-7-8-2-1-3-11(8)16/h4-6,8,11,16-17H,1-3,7H2,(H,15,18). The van der Waals surface area contributed by atoms with Gasteiger partial charge in [0.05, 0.1) is 11.7 Å². The van der Waals surface area contributed by atoms with Crippen LogP contribution in [0.1, 0.15) is 29.6 Å². The van der Waals surface area contributed by atoms with Gasteiger partial charge in [0.15, 0.2) is 0 Å². The molecule has 0 radical (unpaired) electrons. The first kappa shape index (κ1) is 12.8. The molecule has 0 spiro atoms. The van der Waals surface area contributed by atoms with E-state index in [1.807, 2.05) is 0 Å². The van der Waals surface area contributed by atoms with E-state index in [-0.39, 0.29) is 23.3 Å². The highest BCUT2D eigenvalue weighted by Crippen LogP contribution is 2.25. The van der Waals surface area contributed by atoms with Crippen LogP contribution in [0.15, 0.2) is 18.2 Å². The molecule has 1 aromatic carbocycles. The Morgan fingerprint density at radius 3 is 2.89 bits per heavy atom. The summed E-state index contributed by atoms with van der Waals surface area (Å²) < 4.78 is 13.0. The van der Waals surface area contributed by atoms with Gasteiger partial charge < -0.3 is 15.5 Å². The van der Waals surface area contributed by atoms with Gasteiger partial charge in [0.25, 0.3) is 5.91 Å². The van der Waals surface area contributed by atoms with Crippen molar-refractivity contribution >= 4 is 5.91 Å². The fourth-order valence-electron chi connectivity index (χ4n) is 2.26. The third-order valence-corrected chi connectivity index (χ3v) is 3.35. The third kappa shape index (κ3) is 2.79. The lowest BCUT2D eigenvalue weighted by Crippen LogP contribution is -2.32. The van der Waals surface area contributed by atoms with Crippen LogP contribution in [0.25, 0.3) is 0 Å². The van der Waals surface area contributed by atoms with Crippen molar-refractivity contribution in [3.63, 3.8) is 0 Å². The Kier molecular flexibility index (Phi) is 3.81. The van der Waals surface area contributed by atoms with Gasteiger partial charge in [-0.1, -0.05) is 6.42 Å². The van der Waals surface area contributed by atoms with Crippen molar-refractivity contribution in [3.05, 3.63) is 29.6 Å². The summed E-state index contributed by atoms with van der Waals surface area (Å²) >= 11 is 0. The molecule has 3 N–H and O–H groups in total. The fraction of sp³-hybridized carbons (Fsp3) is 0.462. The predicted molar refractivity (Wildman–Crippen MR) is 63.7 cm³/mol. The number of rotatable bonds is 3. The van der Waals surface area contributed by atoms with Crippen molar-refractivity contribution in [2.24, 2.45) is 5.92 Å². The van der Waals surface area contributed by atoms with Gasteiger partial charge in [0.2, 0.25) is 0 Å². The first-order valence-electron chi connectivity index (χ1n) is 6.02. The first-order valence-corrected chi connectivity index (χ1v) is 6.02. The number of hydrogen-bond donors (Lipinski definition) is 3. The van der Waals surface area contributed by atoms with Crippen LogP contribution >= 0.6 is 0 Å². The molecule has 2 atom stereocenters. The van der Waals surface area contributed by atoms with Crippen LogP contribution in [0.5, 0.6) is 5.75 Å². The Morgan fingerprint density at radius 2 is 2.22 bits per heavy atom. The van der Waals surface area contributed by atoms with Crippen molar-refractivity contribution in [2.45, 2.75) is 25.4 Å². The number of phenols is 1. The third-order valence-electron chi connectivity index (χ3n) is 3.35. The average molecular weight is 253 g/mol. The molecule has 0 heterocycles. The molecule has 0 aromatic heterocycles. The van der Waals surface area contributed by atoms with Gasteiger partial charge >= 0.3 is 0 Å². The number of amides is 1. The molecular weight excluding hydrogens is 237 g/mol. The summed E-state index contributed by atoms with van der Waals surface area (Å²) in [5.41, 5.74) is -0.0810. The van der Waals surface area contributed by atoms with Gasteiger partial charge in [0, 0.05) is 12.5 Å². The molecule has 98 valence electrons. The van der Waals surface area contributed by atoms with E-state index in [4.69, 9.17) is 0 Å². The fourth-order valence-corrected chi connectivity index (χ4v) is 2.26. The predicted octanol–water partition coefficient (Wildman–Crippen LogP) is 1.42. The molecule has 4 nitrogen and oxygen atoms in total. The van der Waals surface area contributed by atoms with E-state index < -0.39 is 11.7 Å². The number of hydrogen-bond acceptors (Lipinski definition) is 3. The molecule has 18 heavy (non-hydrogen) atoms. The number of aliphatic hydroxyl groups is 1. The maximum atomic E-state index is 13.0. The van der Waals surface area contributed by atoms with Crippen molar-refractivity contribution in [3.8, 4) is 5.75 Å². The maximum absolute atomic E-state index is 13.0. The van der Waals surface area contributed by atoms with Crippen molar-refractivity contribution in [2.75, 3.05) is 6.54 Å². The largest absolute Gasteiger partial charge is 0.507 e. The maximum Gasteiger partial charge on any atom is 0.255 e. The zero-order chi connectivity index (χ0) is 13.1. The molecule has 2 unspecified atom stereocenters. The number of carbonyl (C=O) groups excluding carboxylic acids is 1. The molecule has 0 bridgehead atoms. The Morgan fingerprint density at radius 1 is 1.44 bits per heavy atom. The van der Waals surface area contributed by atoms with Crippen LogP contribution in [-0.4, -0.2) is 28.8 Å². The van der Waals surface area contributed by atoms with Gasteiger partial charge in [-0.25, -0.2) is 4.39 Å². The lowest BCUT2D eigenvalue weighted by atomic mass is 10.1. The number of halogens is 1. The van der Waals surface area contributed by atoms with Gasteiger partial charge in [-0.15, -0.1) is 0 Å². The molecule has 0 saturated heterocycles. The number of aliphatic hydroxyl groups excluding tert-OH is 1. The minimum absolute atomic E-state index is 0.0460. The second-order valence-corrected chi connectivity index (χ2v) is 4.63. The molecule has 0 aliphatic heterocycles. The Labute approximate surface area is 104 Å². The molecule has 1 aromatic rings. The molecule has 1 saturated carbocycles. The van der Waals surface area contributed by atoms with Crippen molar-refractivity contribution in [1.29, 1.82) is 0 Å². The second-order valence-electron chi connectivity index (χ2n) is 4.63. The summed E-state index contributed by atoms with van der Waals surface area (Å²) in [6.07, 6.45) is 2.20.